The molecule has 0 radical (unpaired) electrons. The first-order chi connectivity index (χ1) is 16.4. The third-order valence-electron chi connectivity index (χ3n) is 5.19. The quantitative estimate of drug-likeness (QED) is 0.460. The van der Waals surface area contributed by atoms with Crippen LogP contribution in [0.4, 0.5) is 5.69 Å². The van der Waals surface area contributed by atoms with Gasteiger partial charge >= 0.3 is 0 Å². The first-order valence-corrected chi connectivity index (χ1v) is 13.6. The van der Waals surface area contributed by atoms with E-state index in [1.54, 1.807) is 31.2 Å². The van der Waals surface area contributed by atoms with E-state index in [9.17, 15) is 18.0 Å². The zero-order valence-corrected chi connectivity index (χ0v) is 22.7. The predicted octanol–water partition coefficient (Wildman–Crippen LogP) is 4.10. The molecule has 0 spiro atoms. The van der Waals surface area contributed by atoms with Crippen molar-refractivity contribution in [1.82, 2.24) is 10.2 Å². The molecule has 0 unspecified atom stereocenters. The number of sulfonamides is 1. The number of carbonyl (C=O) groups excluding carboxylic acids is 2. The topological polar surface area (TPSA) is 96.0 Å². The smallest absolute Gasteiger partial charge is 0.244 e. The van der Waals surface area contributed by atoms with Crippen molar-refractivity contribution in [3.63, 3.8) is 0 Å². The largest absolute Gasteiger partial charge is 0.495 e. The molecule has 0 bridgehead atoms. The molecule has 2 amide bonds. The Morgan fingerprint density at radius 2 is 1.71 bits per heavy atom. The summed E-state index contributed by atoms with van der Waals surface area (Å²) in [5, 5.41) is 3.58. The van der Waals surface area contributed by atoms with Gasteiger partial charge in [-0.15, -0.1) is 0 Å². The fourth-order valence-corrected chi connectivity index (χ4v) is 4.73. The third kappa shape index (κ3) is 8.02. The van der Waals surface area contributed by atoms with Crippen LogP contribution in [0.15, 0.2) is 42.5 Å². The van der Waals surface area contributed by atoms with Crippen molar-refractivity contribution in [1.29, 1.82) is 0 Å². The highest BCUT2D eigenvalue weighted by molar-refractivity contribution is 7.92. The molecule has 0 fully saturated rings. The van der Waals surface area contributed by atoms with Gasteiger partial charge in [0.1, 0.15) is 18.3 Å². The minimum atomic E-state index is -3.86. The number of carbonyl (C=O) groups is 2. The Morgan fingerprint density at radius 3 is 2.20 bits per heavy atom. The van der Waals surface area contributed by atoms with Crippen LogP contribution in [0, 0.1) is 0 Å². The Labute approximate surface area is 217 Å². The number of methoxy groups -OCH3 is 1. The summed E-state index contributed by atoms with van der Waals surface area (Å²) in [4.78, 5) is 27.9. The molecule has 1 N–H and O–H groups in total. The number of ether oxygens (including phenoxy) is 1. The second-order valence-corrected chi connectivity index (χ2v) is 11.1. The molecule has 0 aliphatic carbocycles. The van der Waals surface area contributed by atoms with Crippen molar-refractivity contribution in [2.45, 2.75) is 45.8 Å². The molecule has 35 heavy (non-hydrogen) atoms. The van der Waals surface area contributed by atoms with E-state index >= 15 is 0 Å². The van der Waals surface area contributed by atoms with Gasteiger partial charge < -0.3 is 15.0 Å². The fourth-order valence-electron chi connectivity index (χ4n) is 3.51. The van der Waals surface area contributed by atoms with E-state index in [2.05, 4.69) is 5.32 Å². The summed E-state index contributed by atoms with van der Waals surface area (Å²) in [7, 11) is -2.42. The lowest BCUT2D eigenvalue weighted by atomic mass is 10.1. The molecule has 11 heteroatoms. The Kier molecular flexibility index (Phi) is 10.2. The maximum atomic E-state index is 13.6. The number of anilines is 1. The van der Waals surface area contributed by atoms with Crippen LogP contribution in [-0.4, -0.2) is 57.1 Å². The molecule has 0 saturated heterocycles. The lowest BCUT2D eigenvalue weighted by Crippen LogP contribution is -2.53. The van der Waals surface area contributed by atoms with Crippen molar-refractivity contribution in [3.8, 4) is 5.75 Å². The summed E-state index contributed by atoms with van der Waals surface area (Å²) in [6.07, 6.45) is 1.34. The van der Waals surface area contributed by atoms with Gasteiger partial charge in [0.2, 0.25) is 21.8 Å². The first-order valence-electron chi connectivity index (χ1n) is 11.0. The summed E-state index contributed by atoms with van der Waals surface area (Å²) in [6, 6.07) is 10.4. The molecule has 0 aliphatic rings. The zero-order chi connectivity index (χ0) is 26.3. The molecule has 8 nitrogen and oxygen atoms in total. The van der Waals surface area contributed by atoms with Gasteiger partial charge in [0.15, 0.2) is 0 Å². The lowest BCUT2D eigenvalue weighted by molar-refractivity contribution is -0.140. The van der Waals surface area contributed by atoms with Crippen molar-refractivity contribution in [2.75, 3.05) is 24.2 Å². The zero-order valence-electron chi connectivity index (χ0n) is 20.4. The van der Waals surface area contributed by atoms with Gasteiger partial charge in [-0.05, 0) is 56.2 Å². The second-order valence-electron chi connectivity index (χ2n) is 8.32. The van der Waals surface area contributed by atoms with Crippen LogP contribution in [0.5, 0.6) is 5.75 Å². The molecule has 1 atom stereocenters. The Balaban J connectivity index is 2.45. The third-order valence-corrected chi connectivity index (χ3v) is 6.87. The van der Waals surface area contributed by atoms with E-state index in [0.29, 0.717) is 17.2 Å². The van der Waals surface area contributed by atoms with Crippen LogP contribution in [-0.2, 0) is 26.2 Å². The van der Waals surface area contributed by atoms with Crippen molar-refractivity contribution in [3.05, 3.63) is 58.1 Å². The second kappa shape index (κ2) is 12.5. The SMILES string of the molecule is CC[C@@H](C(=O)NC(C)C)N(Cc1ccc(Cl)cc1)C(=O)CN(c1ccc(OC)c(Cl)c1)S(C)(=O)=O. The van der Waals surface area contributed by atoms with Gasteiger partial charge in [0.05, 0.1) is 24.1 Å². The Hall–Kier alpha value is -2.49. The van der Waals surface area contributed by atoms with E-state index in [1.165, 1.54) is 30.2 Å². The number of nitrogens with zero attached hydrogens (tertiary/aromatic N) is 2. The summed E-state index contributed by atoms with van der Waals surface area (Å²) in [5.41, 5.74) is 0.953. The number of halogens is 2. The summed E-state index contributed by atoms with van der Waals surface area (Å²) >= 11 is 12.2. The van der Waals surface area contributed by atoms with E-state index in [1.807, 2.05) is 13.8 Å². The summed E-state index contributed by atoms with van der Waals surface area (Å²) in [5.74, 6) is -0.484. The molecular formula is C24H31Cl2N3O5S. The highest BCUT2D eigenvalue weighted by atomic mass is 35.5. The predicted molar refractivity (Wildman–Crippen MR) is 140 cm³/mol. The van der Waals surface area contributed by atoms with Gasteiger partial charge in [-0.2, -0.15) is 0 Å². The monoisotopic (exact) mass is 543 g/mol. The van der Waals surface area contributed by atoms with E-state index in [4.69, 9.17) is 27.9 Å². The van der Waals surface area contributed by atoms with Gasteiger partial charge in [0, 0.05) is 17.6 Å². The van der Waals surface area contributed by atoms with E-state index in [0.717, 1.165) is 16.1 Å². The van der Waals surface area contributed by atoms with E-state index < -0.39 is 28.5 Å². The molecule has 0 aliphatic heterocycles. The number of hydrogen-bond donors (Lipinski definition) is 1. The number of hydrogen-bond acceptors (Lipinski definition) is 5. The standard InChI is InChI=1S/C24H31Cl2N3O5S/c1-6-21(24(31)27-16(2)3)28(14-17-7-9-18(25)10-8-17)23(30)15-29(35(5,32)33)19-11-12-22(34-4)20(26)13-19/h7-13,16,21H,6,14-15H2,1-5H3,(H,27,31)/t21-/m0/s1. The van der Waals surface area contributed by atoms with Gasteiger partial charge in [0.25, 0.3) is 0 Å². The Bertz CT molecular complexity index is 1140. The minimum Gasteiger partial charge on any atom is -0.495 e. The van der Waals surface area contributed by atoms with Gasteiger partial charge in [-0.25, -0.2) is 8.42 Å². The number of nitrogens with one attached hydrogen (secondary N) is 1. The first kappa shape index (κ1) is 28.7. The molecule has 192 valence electrons. The molecular weight excluding hydrogens is 513 g/mol. The van der Waals surface area contributed by atoms with Crippen LogP contribution in [0.25, 0.3) is 0 Å². The average Bonchev–Trinajstić information content (AvgIpc) is 2.77. The maximum Gasteiger partial charge on any atom is 0.244 e. The number of rotatable bonds is 11. The molecule has 0 saturated carbocycles. The summed E-state index contributed by atoms with van der Waals surface area (Å²) in [6.45, 7) is 5.04. The number of amides is 2. The molecule has 0 heterocycles. The molecule has 2 aromatic carbocycles. The van der Waals surface area contributed by atoms with Crippen LogP contribution in [0.1, 0.15) is 32.8 Å². The lowest BCUT2D eigenvalue weighted by Gasteiger charge is -2.33. The highest BCUT2D eigenvalue weighted by Crippen LogP contribution is 2.30. The minimum absolute atomic E-state index is 0.0982. The van der Waals surface area contributed by atoms with Crippen molar-refractivity contribution < 1.29 is 22.7 Å². The van der Waals surface area contributed by atoms with Crippen LogP contribution >= 0.6 is 23.2 Å². The average molecular weight is 545 g/mol. The van der Waals surface area contributed by atoms with E-state index in [-0.39, 0.29) is 29.2 Å². The molecule has 0 aromatic heterocycles. The molecule has 2 aromatic rings. The van der Waals surface area contributed by atoms with Crippen LogP contribution in [0.3, 0.4) is 0 Å². The molecule has 2 rings (SSSR count). The van der Waals surface area contributed by atoms with Crippen LogP contribution in [0.2, 0.25) is 10.0 Å². The van der Waals surface area contributed by atoms with Gasteiger partial charge in [-0.3, -0.25) is 13.9 Å². The van der Waals surface area contributed by atoms with Crippen molar-refractivity contribution >= 4 is 50.7 Å². The van der Waals surface area contributed by atoms with Gasteiger partial charge in [-0.1, -0.05) is 42.3 Å². The normalized spacial score (nSPS) is 12.2. The van der Waals surface area contributed by atoms with Crippen LogP contribution < -0.4 is 14.4 Å². The van der Waals surface area contributed by atoms with Crippen molar-refractivity contribution in [2.24, 2.45) is 0 Å². The summed E-state index contributed by atoms with van der Waals surface area (Å²) < 4.78 is 31.4. The maximum absolute atomic E-state index is 13.6. The highest BCUT2D eigenvalue weighted by Gasteiger charge is 2.32. The fraction of sp³-hybridized carbons (Fsp3) is 0.417. The Morgan fingerprint density at radius 1 is 1.09 bits per heavy atom. The number of benzene rings is 2.